The van der Waals surface area contributed by atoms with Gasteiger partial charge in [0.1, 0.15) is 6.26 Å². The zero-order valence-electron chi connectivity index (χ0n) is 8.36. The van der Waals surface area contributed by atoms with E-state index in [1.807, 2.05) is 6.92 Å². The Morgan fingerprint density at radius 3 is 2.80 bits per heavy atom. The van der Waals surface area contributed by atoms with Gasteiger partial charge in [0.15, 0.2) is 5.78 Å². The number of hydrogen-bond donors (Lipinski definition) is 1. The molecule has 76 valence electrons. The molecule has 3 nitrogen and oxygen atoms in total. The van der Waals surface area contributed by atoms with Gasteiger partial charge in [0.2, 0.25) is 0 Å². The molecular weight excluding hydrogens is 190 g/mol. The van der Waals surface area contributed by atoms with Crippen LogP contribution >= 0.6 is 0 Å². The Labute approximate surface area is 87.5 Å². The molecule has 0 unspecified atom stereocenters. The van der Waals surface area contributed by atoms with Crippen LogP contribution in [0.4, 0.5) is 5.69 Å². The molecule has 0 aliphatic heterocycles. The quantitative estimate of drug-likeness (QED) is 0.599. The normalized spacial score (nSPS) is 10.2. The van der Waals surface area contributed by atoms with Crippen molar-refractivity contribution in [3.05, 3.63) is 53.5 Å². The Bertz CT molecular complexity index is 486. The van der Waals surface area contributed by atoms with Crippen LogP contribution in [0.15, 0.2) is 41.2 Å². The van der Waals surface area contributed by atoms with Gasteiger partial charge >= 0.3 is 0 Å². The SMILES string of the molecule is Cc1c(N)cccc1C(=O)c1ccoc1. The monoisotopic (exact) mass is 201 g/mol. The van der Waals surface area contributed by atoms with E-state index in [0.29, 0.717) is 16.8 Å². The van der Waals surface area contributed by atoms with E-state index in [1.165, 1.54) is 12.5 Å². The second-order valence-electron chi connectivity index (χ2n) is 3.36. The molecule has 0 bridgehead atoms. The fourth-order valence-corrected chi connectivity index (χ4v) is 1.45. The molecule has 3 heteroatoms. The minimum absolute atomic E-state index is 0.0615. The van der Waals surface area contributed by atoms with Crippen molar-refractivity contribution in [2.45, 2.75) is 6.92 Å². The van der Waals surface area contributed by atoms with Crippen LogP contribution < -0.4 is 5.73 Å². The Morgan fingerprint density at radius 2 is 2.13 bits per heavy atom. The average molecular weight is 201 g/mol. The summed E-state index contributed by atoms with van der Waals surface area (Å²) in [5, 5.41) is 0. The molecule has 1 aromatic carbocycles. The van der Waals surface area contributed by atoms with E-state index < -0.39 is 0 Å². The largest absolute Gasteiger partial charge is 0.472 e. The number of carbonyl (C=O) groups excluding carboxylic acids is 1. The van der Waals surface area contributed by atoms with E-state index in [2.05, 4.69) is 0 Å². The van der Waals surface area contributed by atoms with Crippen LogP contribution in [-0.4, -0.2) is 5.78 Å². The number of rotatable bonds is 2. The fraction of sp³-hybridized carbons (Fsp3) is 0.0833. The number of anilines is 1. The van der Waals surface area contributed by atoms with Crippen molar-refractivity contribution >= 4 is 11.5 Å². The minimum Gasteiger partial charge on any atom is -0.472 e. The van der Waals surface area contributed by atoms with E-state index in [0.717, 1.165) is 5.56 Å². The van der Waals surface area contributed by atoms with Crippen LogP contribution in [0, 0.1) is 6.92 Å². The molecule has 2 rings (SSSR count). The molecule has 0 aliphatic rings. The number of nitrogens with two attached hydrogens (primary N) is 1. The average Bonchev–Trinajstić information content (AvgIpc) is 2.74. The van der Waals surface area contributed by atoms with E-state index in [-0.39, 0.29) is 5.78 Å². The second kappa shape index (κ2) is 3.61. The highest BCUT2D eigenvalue weighted by Crippen LogP contribution is 2.19. The van der Waals surface area contributed by atoms with Crippen molar-refractivity contribution in [2.24, 2.45) is 0 Å². The van der Waals surface area contributed by atoms with E-state index in [9.17, 15) is 4.79 Å². The minimum atomic E-state index is -0.0615. The van der Waals surface area contributed by atoms with Crippen LogP contribution in [0.3, 0.4) is 0 Å². The molecule has 1 aromatic heterocycles. The number of carbonyl (C=O) groups is 1. The fourth-order valence-electron chi connectivity index (χ4n) is 1.45. The predicted molar refractivity (Wildman–Crippen MR) is 57.7 cm³/mol. The smallest absolute Gasteiger partial charge is 0.196 e. The molecule has 0 fully saturated rings. The van der Waals surface area contributed by atoms with Crippen LogP contribution in [0.2, 0.25) is 0 Å². The predicted octanol–water partition coefficient (Wildman–Crippen LogP) is 2.40. The van der Waals surface area contributed by atoms with Crippen molar-refractivity contribution in [3.8, 4) is 0 Å². The summed E-state index contributed by atoms with van der Waals surface area (Å²) in [5.41, 5.74) is 8.34. The first-order valence-corrected chi connectivity index (χ1v) is 4.62. The first-order chi connectivity index (χ1) is 7.20. The van der Waals surface area contributed by atoms with Crippen molar-refractivity contribution in [1.82, 2.24) is 0 Å². The third-order valence-corrected chi connectivity index (χ3v) is 2.40. The van der Waals surface area contributed by atoms with Crippen molar-refractivity contribution in [1.29, 1.82) is 0 Å². The molecule has 0 amide bonds. The first-order valence-electron chi connectivity index (χ1n) is 4.62. The number of hydrogen-bond acceptors (Lipinski definition) is 3. The molecule has 0 aliphatic carbocycles. The third kappa shape index (κ3) is 1.64. The summed E-state index contributed by atoms with van der Waals surface area (Å²) >= 11 is 0. The molecule has 0 saturated carbocycles. The highest BCUT2D eigenvalue weighted by molar-refractivity contribution is 6.10. The summed E-state index contributed by atoms with van der Waals surface area (Å²) in [5.74, 6) is -0.0615. The summed E-state index contributed by atoms with van der Waals surface area (Å²) < 4.78 is 4.88. The van der Waals surface area contributed by atoms with Gasteiger partial charge in [0, 0.05) is 11.3 Å². The number of furan rings is 1. The molecule has 2 N–H and O–H groups in total. The number of ketones is 1. The Kier molecular flexibility index (Phi) is 2.29. The second-order valence-corrected chi connectivity index (χ2v) is 3.36. The maximum Gasteiger partial charge on any atom is 0.196 e. The summed E-state index contributed by atoms with van der Waals surface area (Å²) in [6, 6.07) is 6.96. The van der Waals surface area contributed by atoms with Gasteiger partial charge in [-0.05, 0) is 24.6 Å². The molecule has 0 atom stereocenters. The molecule has 0 spiro atoms. The van der Waals surface area contributed by atoms with Crippen LogP contribution in [0.1, 0.15) is 21.5 Å². The lowest BCUT2D eigenvalue weighted by Gasteiger charge is -2.05. The Morgan fingerprint density at radius 1 is 1.33 bits per heavy atom. The van der Waals surface area contributed by atoms with E-state index in [1.54, 1.807) is 24.3 Å². The molecular formula is C12H11NO2. The highest BCUT2D eigenvalue weighted by atomic mass is 16.3. The van der Waals surface area contributed by atoms with Gasteiger partial charge in [-0.3, -0.25) is 4.79 Å². The lowest BCUT2D eigenvalue weighted by atomic mass is 10.00. The van der Waals surface area contributed by atoms with Gasteiger partial charge in [0.25, 0.3) is 0 Å². The maximum atomic E-state index is 12.0. The van der Waals surface area contributed by atoms with Crippen molar-refractivity contribution < 1.29 is 9.21 Å². The Balaban J connectivity index is 2.47. The van der Waals surface area contributed by atoms with Gasteiger partial charge in [0.05, 0.1) is 11.8 Å². The molecule has 2 aromatic rings. The summed E-state index contributed by atoms with van der Waals surface area (Å²) in [6.45, 7) is 1.84. The van der Waals surface area contributed by atoms with E-state index in [4.69, 9.17) is 10.2 Å². The van der Waals surface area contributed by atoms with Gasteiger partial charge in [-0.1, -0.05) is 12.1 Å². The highest BCUT2D eigenvalue weighted by Gasteiger charge is 2.13. The van der Waals surface area contributed by atoms with Crippen molar-refractivity contribution in [3.63, 3.8) is 0 Å². The van der Waals surface area contributed by atoms with Gasteiger partial charge in [-0.2, -0.15) is 0 Å². The number of nitrogen functional groups attached to an aromatic ring is 1. The lowest BCUT2D eigenvalue weighted by molar-refractivity contribution is 0.103. The molecule has 15 heavy (non-hydrogen) atoms. The first kappa shape index (κ1) is 9.52. The zero-order chi connectivity index (χ0) is 10.8. The lowest BCUT2D eigenvalue weighted by Crippen LogP contribution is -2.04. The zero-order valence-corrected chi connectivity index (χ0v) is 8.36. The van der Waals surface area contributed by atoms with Crippen LogP contribution in [-0.2, 0) is 0 Å². The summed E-state index contributed by atoms with van der Waals surface area (Å²) in [4.78, 5) is 12.0. The standard InChI is InChI=1S/C12H11NO2/c1-8-10(3-2-4-11(8)13)12(14)9-5-6-15-7-9/h2-7H,13H2,1H3. The summed E-state index contributed by atoms with van der Waals surface area (Å²) in [6.07, 6.45) is 2.92. The molecule has 0 saturated heterocycles. The maximum absolute atomic E-state index is 12.0. The van der Waals surface area contributed by atoms with Gasteiger partial charge in [-0.25, -0.2) is 0 Å². The van der Waals surface area contributed by atoms with E-state index >= 15 is 0 Å². The molecule has 0 radical (unpaired) electrons. The van der Waals surface area contributed by atoms with Crippen molar-refractivity contribution in [2.75, 3.05) is 5.73 Å². The van der Waals surface area contributed by atoms with Gasteiger partial charge < -0.3 is 10.2 Å². The Hall–Kier alpha value is -2.03. The number of benzene rings is 1. The third-order valence-electron chi connectivity index (χ3n) is 2.40. The molecule has 1 heterocycles. The van der Waals surface area contributed by atoms with Crippen LogP contribution in [0.5, 0.6) is 0 Å². The topological polar surface area (TPSA) is 56.2 Å². The summed E-state index contributed by atoms with van der Waals surface area (Å²) in [7, 11) is 0. The van der Waals surface area contributed by atoms with Gasteiger partial charge in [-0.15, -0.1) is 0 Å². The van der Waals surface area contributed by atoms with Crippen LogP contribution in [0.25, 0.3) is 0 Å².